The number of aromatic nitrogens is 1. The summed E-state index contributed by atoms with van der Waals surface area (Å²) in [7, 11) is 0. The van der Waals surface area contributed by atoms with Gasteiger partial charge in [0.1, 0.15) is 12.0 Å². The molecule has 1 aliphatic carbocycles. The molecule has 5 nitrogen and oxygen atoms in total. The molecule has 2 N–H and O–H groups in total. The van der Waals surface area contributed by atoms with Gasteiger partial charge in [0.05, 0.1) is 6.54 Å². The third kappa shape index (κ3) is 4.95. The molecule has 124 valence electrons. The molecule has 23 heavy (non-hydrogen) atoms. The van der Waals surface area contributed by atoms with E-state index in [2.05, 4.69) is 34.5 Å². The molecule has 2 unspecified atom stereocenters. The fourth-order valence-corrected chi connectivity index (χ4v) is 2.27. The minimum atomic E-state index is 0. The van der Waals surface area contributed by atoms with Gasteiger partial charge in [-0.25, -0.2) is 9.98 Å². The Hall–Kier alpha value is -1.57. The van der Waals surface area contributed by atoms with Gasteiger partial charge in [0.15, 0.2) is 5.96 Å². The van der Waals surface area contributed by atoms with Crippen LogP contribution in [0.15, 0.2) is 46.0 Å². The van der Waals surface area contributed by atoms with E-state index in [9.17, 15) is 0 Å². The summed E-state index contributed by atoms with van der Waals surface area (Å²) in [6.07, 6.45) is 2.89. The van der Waals surface area contributed by atoms with E-state index in [1.54, 1.807) is 6.26 Å². The molecule has 3 rings (SSSR count). The number of rotatable bonds is 5. The Morgan fingerprint density at radius 1 is 1.35 bits per heavy atom. The van der Waals surface area contributed by atoms with E-state index < -0.39 is 0 Å². The van der Waals surface area contributed by atoms with Crippen LogP contribution in [-0.4, -0.2) is 23.5 Å². The van der Waals surface area contributed by atoms with E-state index in [-0.39, 0.29) is 24.0 Å². The average molecular weight is 426 g/mol. The van der Waals surface area contributed by atoms with E-state index in [4.69, 9.17) is 4.42 Å². The normalized spacial score (nSPS) is 19.8. The van der Waals surface area contributed by atoms with Crippen LogP contribution in [0.5, 0.6) is 0 Å². The highest BCUT2D eigenvalue weighted by atomic mass is 127. The van der Waals surface area contributed by atoms with Crippen LogP contribution in [0.25, 0.3) is 11.5 Å². The maximum absolute atomic E-state index is 5.53. The molecule has 1 aromatic heterocycles. The minimum Gasteiger partial charge on any atom is -0.444 e. The van der Waals surface area contributed by atoms with Gasteiger partial charge in [0, 0.05) is 18.2 Å². The number of guanidine groups is 1. The highest BCUT2D eigenvalue weighted by Crippen LogP contribution is 2.28. The Morgan fingerprint density at radius 3 is 2.74 bits per heavy atom. The van der Waals surface area contributed by atoms with Crippen molar-refractivity contribution >= 4 is 29.9 Å². The van der Waals surface area contributed by atoms with Gasteiger partial charge in [0.2, 0.25) is 5.89 Å². The highest BCUT2D eigenvalue weighted by molar-refractivity contribution is 14.0. The van der Waals surface area contributed by atoms with E-state index in [1.165, 1.54) is 6.42 Å². The summed E-state index contributed by atoms with van der Waals surface area (Å²) in [5.74, 6) is 2.22. The van der Waals surface area contributed by atoms with E-state index >= 15 is 0 Å². The lowest BCUT2D eigenvalue weighted by Crippen LogP contribution is -2.39. The molecular weight excluding hydrogens is 403 g/mol. The van der Waals surface area contributed by atoms with Crippen LogP contribution in [0.3, 0.4) is 0 Å². The van der Waals surface area contributed by atoms with E-state index in [0.717, 1.165) is 29.7 Å². The molecule has 1 aromatic carbocycles. The Morgan fingerprint density at radius 2 is 2.09 bits per heavy atom. The summed E-state index contributed by atoms with van der Waals surface area (Å²) < 4.78 is 5.53. The largest absolute Gasteiger partial charge is 0.444 e. The lowest BCUT2D eigenvalue weighted by atomic mass is 10.2. The molecule has 1 saturated carbocycles. The lowest BCUT2D eigenvalue weighted by Gasteiger charge is -2.09. The summed E-state index contributed by atoms with van der Waals surface area (Å²) in [5, 5.41) is 6.69. The van der Waals surface area contributed by atoms with Crippen LogP contribution in [0.2, 0.25) is 0 Å². The monoisotopic (exact) mass is 426 g/mol. The Labute approximate surface area is 154 Å². The van der Waals surface area contributed by atoms with E-state index in [0.29, 0.717) is 18.5 Å². The summed E-state index contributed by atoms with van der Waals surface area (Å²) >= 11 is 0. The summed E-state index contributed by atoms with van der Waals surface area (Å²) in [6.45, 7) is 5.66. The second-order valence-electron chi connectivity index (χ2n) is 5.67. The lowest BCUT2D eigenvalue weighted by molar-refractivity contribution is 0.572. The third-order valence-corrected chi connectivity index (χ3v) is 3.75. The molecule has 0 amide bonds. The van der Waals surface area contributed by atoms with Crippen molar-refractivity contribution in [3.63, 3.8) is 0 Å². The van der Waals surface area contributed by atoms with Gasteiger partial charge in [-0.2, -0.15) is 0 Å². The first-order chi connectivity index (χ1) is 10.8. The number of benzene rings is 1. The molecule has 2 aromatic rings. The summed E-state index contributed by atoms with van der Waals surface area (Å²) in [4.78, 5) is 9.07. The molecular formula is C17H23IN4O. The van der Waals surface area contributed by atoms with Crippen LogP contribution in [0.4, 0.5) is 0 Å². The smallest absolute Gasteiger partial charge is 0.226 e. The third-order valence-electron chi connectivity index (χ3n) is 3.75. The minimum absolute atomic E-state index is 0. The number of halogens is 1. The van der Waals surface area contributed by atoms with Crippen LogP contribution in [0, 0.1) is 5.92 Å². The molecule has 1 heterocycles. The zero-order chi connectivity index (χ0) is 15.4. The Bertz CT molecular complexity index is 641. The first-order valence-electron chi connectivity index (χ1n) is 7.81. The molecule has 6 heteroatoms. The number of hydrogen-bond acceptors (Lipinski definition) is 3. The van der Waals surface area contributed by atoms with Gasteiger partial charge >= 0.3 is 0 Å². The molecule has 0 radical (unpaired) electrons. The molecule has 2 atom stereocenters. The van der Waals surface area contributed by atoms with Crippen molar-refractivity contribution in [2.45, 2.75) is 32.9 Å². The van der Waals surface area contributed by atoms with Crippen LogP contribution in [-0.2, 0) is 6.54 Å². The van der Waals surface area contributed by atoms with Crippen molar-refractivity contribution in [1.29, 1.82) is 0 Å². The SMILES string of the molecule is CCNC(=NCc1coc(-c2ccccc2)n1)NC1CC1C.I. The Balaban J connectivity index is 0.00000192. The molecule has 1 fully saturated rings. The number of aliphatic imine (C=N–C) groups is 1. The zero-order valence-electron chi connectivity index (χ0n) is 13.5. The van der Waals surface area contributed by atoms with Crippen molar-refractivity contribution in [1.82, 2.24) is 15.6 Å². The van der Waals surface area contributed by atoms with Crippen LogP contribution < -0.4 is 10.6 Å². The second kappa shape index (κ2) is 8.33. The highest BCUT2D eigenvalue weighted by Gasteiger charge is 2.33. The standard InChI is InChI=1S/C17H22N4O.HI/c1-3-18-17(21-15-9-12(15)2)19-10-14-11-22-16(20-14)13-7-5-4-6-8-13;/h4-8,11-12,15H,3,9-10H2,1-2H3,(H2,18,19,21);1H. The van der Waals surface area contributed by atoms with Crippen molar-refractivity contribution in [3.8, 4) is 11.5 Å². The van der Waals surface area contributed by atoms with Gasteiger partial charge in [0.25, 0.3) is 0 Å². The molecule has 0 aliphatic heterocycles. The maximum Gasteiger partial charge on any atom is 0.226 e. The summed E-state index contributed by atoms with van der Waals surface area (Å²) in [6, 6.07) is 10.4. The maximum atomic E-state index is 5.53. The first kappa shape index (κ1) is 17.8. The average Bonchev–Trinajstić information content (AvgIpc) is 3.03. The van der Waals surface area contributed by atoms with Gasteiger partial charge in [-0.05, 0) is 31.4 Å². The predicted octanol–water partition coefficient (Wildman–Crippen LogP) is 3.42. The van der Waals surface area contributed by atoms with Crippen LogP contribution >= 0.6 is 24.0 Å². The number of nitrogens with one attached hydrogen (secondary N) is 2. The van der Waals surface area contributed by atoms with Gasteiger partial charge in [-0.1, -0.05) is 25.1 Å². The second-order valence-corrected chi connectivity index (χ2v) is 5.67. The molecule has 0 spiro atoms. The summed E-state index contributed by atoms with van der Waals surface area (Å²) in [5.41, 5.74) is 1.81. The molecule has 0 bridgehead atoms. The van der Waals surface area contributed by atoms with Gasteiger partial charge in [-0.3, -0.25) is 0 Å². The topological polar surface area (TPSA) is 62.5 Å². The van der Waals surface area contributed by atoms with Crippen molar-refractivity contribution < 1.29 is 4.42 Å². The predicted molar refractivity (Wildman–Crippen MR) is 103 cm³/mol. The van der Waals surface area contributed by atoms with Gasteiger partial charge in [-0.15, -0.1) is 24.0 Å². The fraction of sp³-hybridized carbons (Fsp3) is 0.412. The van der Waals surface area contributed by atoms with Crippen molar-refractivity contribution in [3.05, 3.63) is 42.3 Å². The van der Waals surface area contributed by atoms with Crippen LogP contribution in [0.1, 0.15) is 26.0 Å². The number of oxazole rings is 1. The van der Waals surface area contributed by atoms with Crippen molar-refractivity contribution in [2.75, 3.05) is 6.54 Å². The Kier molecular flexibility index (Phi) is 6.44. The number of nitrogens with zero attached hydrogens (tertiary/aromatic N) is 2. The first-order valence-corrected chi connectivity index (χ1v) is 7.81. The quantitative estimate of drug-likeness (QED) is 0.437. The zero-order valence-corrected chi connectivity index (χ0v) is 15.8. The fourth-order valence-electron chi connectivity index (χ4n) is 2.27. The molecule has 0 saturated heterocycles. The van der Waals surface area contributed by atoms with Crippen molar-refractivity contribution in [2.24, 2.45) is 10.9 Å². The molecule has 1 aliphatic rings. The van der Waals surface area contributed by atoms with Gasteiger partial charge < -0.3 is 15.1 Å². The number of hydrogen-bond donors (Lipinski definition) is 2. The van der Waals surface area contributed by atoms with E-state index in [1.807, 2.05) is 30.3 Å².